The Balaban J connectivity index is 1.64. The highest BCUT2D eigenvalue weighted by atomic mass is 19.4. The molecule has 0 amide bonds. The molecule has 1 aromatic carbocycles. The van der Waals surface area contributed by atoms with Crippen molar-refractivity contribution in [2.24, 2.45) is 0 Å². The van der Waals surface area contributed by atoms with Gasteiger partial charge in [0.05, 0.1) is 12.3 Å². The summed E-state index contributed by atoms with van der Waals surface area (Å²) in [6.45, 7) is 6.09. The predicted molar refractivity (Wildman–Crippen MR) is 94.0 cm³/mol. The molecule has 0 atom stereocenters. The van der Waals surface area contributed by atoms with Gasteiger partial charge >= 0.3 is 6.18 Å². The lowest BCUT2D eigenvalue weighted by Gasteiger charge is -2.13. The molecule has 2 heterocycles. The fourth-order valence-electron chi connectivity index (χ4n) is 2.88. The van der Waals surface area contributed by atoms with E-state index >= 15 is 0 Å². The number of nitrogens with zero attached hydrogens (tertiary/aromatic N) is 3. The molecular weight excluding hydrogens is 375 g/mol. The smallest absolute Gasteiger partial charge is 0.397 e. The molecule has 0 radical (unpaired) electrons. The van der Waals surface area contributed by atoms with Crippen molar-refractivity contribution in [1.29, 1.82) is 0 Å². The number of aromatic nitrogens is 3. The van der Waals surface area contributed by atoms with Crippen molar-refractivity contribution >= 4 is 0 Å². The molecule has 3 rings (SSSR count). The molecule has 3 aromatic rings. The van der Waals surface area contributed by atoms with Gasteiger partial charge in [-0.3, -0.25) is 0 Å². The number of hydrogen-bond donors (Lipinski definition) is 0. The van der Waals surface area contributed by atoms with E-state index in [0.717, 1.165) is 41.2 Å². The molecule has 0 aliphatic carbocycles. The van der Waals surface area contributed by atoms with Crippen LogP contribution >= 0.6 is 0 Å². The summed E-state index contributed by atoms with van der Waals surface area (Å²) in [7, 11) is 0. The van der Waals surface area contributed by atoms with E-state index in [1.807, 2.05) is 26.8 Å². The van der Waals surface area contributed by atoms with Gasteiger partial charge in [0.1, 0.15) is 17.9 Å². The molecule has 0 fully saturated rings. The van der Waals surface area contributed by atoms with Crippen molar-refractivity contribution in [2.45, 2.75) is 46.2 Å². The molecule has 0 saturated heterocycles. The molecule has 0 aliphatic heterocycles. The van der Waals surface area contributed by atoms with Gasteiger partial charge in [0.15, 0.2) is 0 Å². The summed E-state index contributed by atoms with van der Waals surface area (Å²) in [5, 5.41) is 7.49. The Labute approximate surface area is 159 Å². The van der Waals surface area contributed by atoms with E-state index in [4.69, 9.17) is 13.8 Å². The molecule has 0 unspecified atom stereocenters. The number of aryl methyl sites for hydroxylation is 4. The van der Waals surface area contributed by atoms with Crippen molar-refractivity contribution in [3.8, 4) is 17.1 Å². The molecule has 2 aromatic heterocycles. The van der Waals surface area contributed by atoms with Crippen molar-refractivity contribution in [3.05, 3.63) is 46.7 Å². The summed E-state index contributed by atoms with van der Waals surface area (Å²) < 4.78 is 53.1. The first-order valence-corrected chi connectivity index (χ1v) is 8.77. The summed E-state index contributed by atoms with van der Waals surface area (Å²) >= 11 is 0. The minimum Gasteiger partial charge on any atom is -0.493 e. The maximum absolute atomic E-state index is 12.4. The average molecular weight is 395 g/mol. The molecule has 6 nitrogen and oxygen atoms in total. The number of rotatable bonds is 7. The van der Waals surface area contributed by atoms with Crippen LogP contribution in [-0.2, 0) is 12.8 Å². The van der Waals surface area contributed by atoms with Crippen LogP contribution < -0.4 is 4.74 Å². The van der Waals surface area contributed by atoms with E-state index in [-0.39, 0.29) is 5.82 Å². The van der Waals surface area contributed by atoms with Crippen LogP contribution in [0.4, 0.5) is 13.2 Å². The van der Waals surface area contributed by atoms with Gasteiger partial charge in [-0.15, -0.1) is 0 Å². The standard InChI is InChI=1S/C19H20F3N3O3/c1-11-7-14(18-23-16(28-25-18)10-19(20,21)22)8-12(2)17(11)26-6-4-5-15-9-13(3)24-27-15/h7-9H,4-6,10H2,1-3H3. The van der Waals surface area contributed by atoms with Crippen LogP contribution in [0.3, 0.4) is 0 Å². The van der Waals surface area contributed by atoms with E-state index in [1.54, 1.807) is 12.1 Å². The number of ether oxygens (including phenoxy) is 1. The molecule has 0 bridgehead atoms. The van der Waals surface area contributed by atoms with E-state index in [2.05, 4.69) is 15.3 Å². The molecule has 0 saturated carbocycles. The summed E-state index contributed by atoms with van der Waals surface area (Å²) in [4.78, 5) is 3.83. The number of halogens is 3. The van der Waals surface area contributed by atoms with Crippen LogP contribution in [0.15, 0.2) is 27.2 Å². The van der Waals surface area contributed by atoms with Gasteiger partial charge in [0, 0.05) is 18.1 Å². The van der Waals surface area contributed by atoms with Crippen LogP contribution in [-0.4, -0.2) is 28.1 Å². The van der Waals surface area contributed by atoms with E-state index in [0.29, 0.717) is 12.2 Å². The number of benzene rings is 1. The van der Waals surface area contributed by atoms with Crippen LogP contribution in [0.1, 0.15) is 34.9 Å². The zero-order valence-corrected chi connectivity index (χ0v) is 15.8. The Morgan fingerprint density at radius 3 is 2.32 bits per heavy atom. The van der Waals surface area contributed by atoms with Gasteiger partial charge in [-0.05, 0) is 50.5 Å². The third-order valence-electron chi connectivity index (χ3n) is 4.03. The maximum Gasteiger partial charge on any atom is 0.397 e. The third-order valence-corrected chi connectivity index (χ3v) is 4.03. The van der Waals surface area contributed by atoms with Crippen molar-refractivity contribution in [1.82, 2.24) is 15.3 Å². The Morgan fingerprint density at radius 2 is 1.71 bits per heavy atom. The van der Waals surface area contributed by atoms with Crippen molar-refractivity contribution in [2.75, 3.05) is 6.61 Å². The van der Waals surface area contributed by atoms with Crippen molar-refractivity contribution in [3.63, 3.8) is 0 Å². The molecule has 9 heteroatoms. The largest absolute Gasteiger partial charge is 0.493 e. The summed E-state index contributed by atoms with van der Waals surface area (Å²) in [6.07, 6.45) is -4.15. The van der Waals surface area contributed by atoms with Crippen LogP contribution in [0, 0.1) is 20.8 Å². The Hall–Kier alpha value is -2.84. The second kappa shape index (κ2) is 8.04. The van der Waals surface area contributed by atoms with Gasteiger partial charge in [0.25, 0.3) is 0 Å². The fourth-order valence-corrected chi connectivity index (χ4v) is 2.88. The highest BCUT2D eigenvalue weighted by Gasteiger charge is 2.31. The van der Waals surface area contributed by atoms with Crippen molar-refractivity contribution < 1.29 is 27.0 Å². The maximum atomic E-state index is 12.4. The van der Waals surface area contributed by atoms with E-state index < -0.39 is 18.5 Å². The van der Waals surface area contributed by atoms with Gasteiger partial charge in [-0.2, -0.15) is 18.2 Å². The van der Waals surface area contributed by atoms with Gasteiger partial charge < -0.3 is 13.8 Å². The minimum atomic E-state index is -4.39. The molecule has 0 spiro atoms. The van der Waals surface area contributed by atoms with Crippen LogP contribution in [0.25, 0.3) is 11.4 Å². The quantitative estimate of drug-likeness (QED) is 0.537. The molecule has 28 heavy (non-hydrogen) atoms. The highest BCUT2D eigenvalue weighted by Crippen LogP contribution is 2.30. The summed E-state index contributed by atoms with van der Waals surface area (Å²) in [5.41, 5.74) is 3.11. The SMILES string of the molecule is Cc1cc(CCCOc2c(C)cc(-c3noc(CC(F)(F)F)n3)cc2C)on1. The third kappa shape index (κ3) is 5.11. The van der Waals surface area contributed by atoms with Crippen LogP contribution in [0.5, 0.6) is 5.75 Å². The normalized spacial score (nSPS) is 11.8. The molecule has 0 aliphatic rings. The minimum absolute atomic E-state index is 0.123. The van der Waals surface area contributed by atoms with Crippen LogP contribution in [0.2, 0.25) is 0 Å². The Kier molecular flexibility index (Phi) is 5.71. The van der Waals surface area contributed by atoms with Gasteiger partial charge in [-0.25, -0.2) is 0 Å². The fraction of sp³-hybridized carbons (Fsp3) is 0.421. The van der Waals surface area contributed by atoms with E-state index in [9.17, 15) is 13.2 Å². The number of alkyl halides is 3. The highest BCUT2D eigenvalue weighted by molar-refractivity contribution is 5.61. The van der Waals surface area contributed by atoms with E-state index in [1.165, 1.54) is 0 Å². The zero-order valence-electron chi connectivity index (χ0n) is 15.8. The predicted octanol–water partition coefficient (Wildman–Crippen LogP) is 4.77. The summed E-state index contributed by atoms with van der Waals surface area (Å²) in [6, 6.07) is 5.43. The summed E-state index contributed by atoms with van der Waals surface area (Å²) in [5.74, 6) is 1.21. The average Bonchev–Trinajstić information content (AvgIpc) is 3.21. The first-order chi connectivity index (χ1) is 13.2. The Bertz CT molecular complexity index is 924. The lowest BCUT2D eigenvalue weighted by molar-refractivity contribution is -0.131. The second-order valence-electron chi connectivity index (χ2n) is 6.63. The zero-order chi connectivity index (χ0) is 20.3. The lowest BCUT2D eigenvalue weighted by atomic mass is 10.1. The second-order valence-corrected chi connectivity index (χ2v) is 6.63. The molecule has 0 N–H and O–H groups in total. The Morgan fingerprint density at radius 1 is 1.00 bits per heavy atom. The monoisotopic (exact) mass is 395 g/mol. The first kappa shape index (κ1) is 19.9. The lowest BCUT2D eigenvalue weighted by Crippen LogP contribution is -2.11. The topological polar surface area (TPSA) is 74.2 Å². The number of hydrogen-bond acceptors (Lipinski definition) is 6. The first-order valence-electron chi connectivity index (χ1n) is 8.77. The van der Waals surface area contributed by atoms with Gasteiger partial charge in [0.2, 0.25) is 11.7 Å². The molecule has 150 valence electrons. The van der Waals surface area contributed by atoms with Gasteiger partial charge in [-0.1, -0.05) is 10.3 Å². The molecular formula is C19H20F3N3O3.